The molecule has 3 nitrogen and oxygen atoms in total. The molecule has 1 unspecified atom stereocenters. The van der Waals surface area contributed by atoms with Gasteiger partial charge in [0.25, 0.3) is 5.91 Å². The van der Waals surface area contributed by atoms with E-state index in [9.17, 15) is 4.79 Å². The van der Waals surface area contributed by atoms with Crippen LogP contribution in [-0.2, 0) is 4.79 Å². The van der Waals surface area contributed by atoms with E-state index >= 15 is 0 Å². The summed E-state index contributed by atoms with van der Waals surface area (Å²) in [6.07, 6.45) is 3.97. The third-order valence-electron chi connectivity index (χ3n) is 3.20. The predicted octanol–water partition coefficient (Wildman–Crippen LogP) is 3.05. The summed E-state index contributed by atoms with van der Waals surface area (Å²) < 4.78 is 0.664. The van der Waals surface area contributed by atoms with E-state index in [-0.39, 0.29) is 5.91 Å². The van der Waals surface area contributed by atoms with Crippen molar-refractivity contribution in [1.29, 1.82) is 0 Å². The zero-order chi connectivity index (χ0) is 14.0. The van der Waals surface area contributed by atoms with Crippen LogP contribution in [0, 0.1) is 0 Å². The first-order valence-electron chi connectivity index (χ1n) is 6.43. The van der Waals surface area contributed by atoms with Crippen LogP contribution < -0.4 is 0 Å². The average molecular weight is 315 g/mol. The van der Waals surface area contributed by atoms with Crippen molar-refractivity contribution >= 4 is 46.0 Å². The summed E-state index contributed by atoms with van der Waals surface area (Å²) in [7, 11) is 0. The van der Waals surface area contributed by atoms with E-state index in [1.54, 1.807) is 4.90 Å². The molecule has 2 fully saturated rings. The van der Waals surface area contributed by atoms with Gasteiger partial charge in [-0.3, -0.25) is 9.69 Å². The second-order valence-corrected chi connectivity index (χ2v) is 7.12. The smallest absolute Gasteiger partial charge is 0.266 e. The molecule has 2 aliphatic heterocycles. The minimum atomic E-state index is 0.0356. The first-order chi connectivity index (χ1) is 9.08. The fraction of sp³-hybridized carbons (Fsp3) is 0.538. The number of rotatable bonds is 3. The lowest BCUT2D eigenvalue weighted by atomic mass is 10.3. The largest absolute Gasteiger partial charge is 0.363 e. The van der Waals surface area contributed by atoms with E-state index < -0.39 is 0 Å². The molecule has 0 aromatic rings. The van der Waals surface area contributed by atoms with E-state index in [0.717, 1.165) is 17.2 Å². The van der Waals surface area contributed by atoms with Crippen molar-refractivity contribution < 1.29 is 4.79 Å². The quantitative estimate of drug-likeness (QED) is 0.588. The highest BCUT2D eigenvalue weighted by Crippen LogP contribution is 2.34. The highest BCUT2D eigenvalue weighted by Gasteiger charge is 2.30. The van der Waals surface area contributed by atoms with Gasteiger partial charge >= 0.3 is 0 Å². The molecule has 2 rings (SSSR count). The second kappa shape index (κ2) is 6.33. The van der Waals surface area contributed by atoms with E-state index in [0.29, 0.717) is 16.9 Å². The predicted molar refractivity (Wildman–Crippen MR) is 88.0 cm³/mol. The van der Waals surface area contributed by atoms with Gasteiger partial charge in [0.05, 0.1) is 9.93 Å². The van der Waals surface area contributed by atoms with Gasteiger partial charge in [-0.25, -0.2) is 0 Å². The standard InChI is InChI=1S/C13H18N2OS3/c1-4-14-9(3)8-18-11(14)7-6-10-12(16)15(5-2)13(17)19-10/h6-7,9H,4-5,8H2,1-3H3. The molecule has 0 N–H and O–H groups in total. The van der Waals surface area contributed by atoms with E-state index in [1.807, 2.05) is 24.8 Å². The van der Waals surface area contributed by atoms with E-state index in [4.69, 9.17) is 12.2 Å². The van der Waals surface area contributed by atoms with Gasteiger partial charge in [-0.2, -0.15) is 0 Å². The van der Waals surface area contributed by atoms with Crippen molar-refractivity contribution in [2.24, 2.45) is 0 Å². The molecule has 19 heavy (non-hydrogen) atoms. The molecular weight excluding hydrogens is 296 g/mol. The molecule has 2 aliphatic rings. The number of hydrogen-bond donors (Lipinski definition) is 0. The van der Waals surface area contributed by atoms with Gasteiger partial charge in [0.15, 0.2) is 0 Å². The van der Waals surface area contributed by atoms with Crippen LogP contribution in [0.15, 0.2) is 22.1 Å². The minimum Gasteiger partial charge on any atom is -0.363 e. The van der Waals surface area contributed by atoms with Crippen LogP contribution in [0.2, 0.25) is 0 Å². The van der Waals surface area contributed by atoms with Gasteiger partial charge in [0.2, 0.25) is 0 Å². The maximum atomic E-state index is 12.1. The Kier molecular flexibility index (Phi) is 4.97. The third kappa shape index (κ3) is 3.01. The number of carbonyl (C=O) groups excluding carboxylic acids is 1. The number of amides is 1. The van der Waals surface area contributed by atoms with E-state index in [2.05, 4.69) is 24.8 Å². The molecule has 1 atom stereocenters. The maximum Gasteiger partial charge on any atom is 0.266 e. The Morgan fingerprint density at radius 2 is 2.11 bits per heavy atom. The Labute approximate surface area is 128 Å². The van der Waals surface area contributed by atoms with Crippen LogP contribution in [0.4, 0.5) is 0 Å². The summed E-state index contributed by atoms with van der Waals surface area (Å²) in [5.74, 6) is 1.15. The lowest BCUT2D eigenvalue weighted by Gasteiger charge is -2.21. The Morgan fingerprint density at radius 3 is 2.68 bits per heavy atom. The first-order valence-corrected chi connectivity index (χ1v) is 8.64. The summed E-state index contributed by atoms with van der Waals surface area (Å²) >= 11 is 8.44. The molecule has 0 bridgehead atoms. The molecule has 0 radical (unpaired) electrons. The Bertz CT molecular complexity index is 459. The van der Waals surface area contributed by atoms with Crippen LogP contribution >= 0.6 is 35.7 Å². The van der Waals surface area contributed by atoms with Gasteiger partial charge in [0.1, 0.15) is 4.32 Å². The molecule has 0 aromatic heterocycles. The van der Waals surface area contributed by atoms with E-state index in [1.165, 1.54) is 16.8 Å². The number of hydrogen-bond acceptors (Lipinski definition) is 5. The van der Waals surface area contributed by atoms with Crippen molar-refractivity contribution in [2.45, 2.75) is 26.8 Å². The summed E-state index contributed by atoms with van der Waals surface area (Å²) in [4.78, 5) is 16.8. The number of carbonyl (C=O) groups is 1. The average Bonchev–Trinajstić information content (AvgIpc) is 2.87. The summed E-state index contributed by atoms with van der Waals surface area (Å²) in [5.41, 5.74) is 0. The fourth-order valence-electron chi connectivity index (χ4n) is 2.14. The van der Waals surface area contributed by atoms with Crippen LogP contribution in [-0.4, -0.2) is 44.9 Å². The third-order valence-corrected chi connectivity index (χ3v) is 5.91. The fourth-order valence-corrected chi connectivity index (χ4v) is 4.70. The van der Waals surface area contributed by atoms with Gasteiger partial charge in [-0.15, -0.1) is 11.8 Å². The topological polar surface area (TPSA) is 23.6 Å². The van der Waals surface area contributed by atoms with Gasteiger partial charge in [0, 0.05) is 24.9 Å². The Balaban J connectivity index is 2.15. The number of allylic oxidation sites excluding steroid dienone is 2. The lowest BCUT2D eigenvalue weighted by Crippen LogP contribution is -2.27. The van der Waals surface area contributed by atoms with Crippen molar-refractivity contribution in [3.8, 4) is 0 Å². The van der Waals surface area contributed by atoms with Crippen molar-refractivity contribution in [3.63, 3.8) is 0 Å². The van der Waals surface area contributed by atoms with Gasteiger partial charge < -0.3 is 4.90 Å². The van der Waals surface area contributed by atoms with Crippen LogP contribution in [0.3, 0.4) is 0 Å². The Morgan fingerprint density at radius 1 is 1.37 bits per heavy atom. The molecule has 104 valence electrons. The monoisotopic (exact) mass is 314 g/mol. The SMILES string of the molecule is CCN1C(=O)C(=CC=C2SCC(C)N2CC)SC1=S. The van der Waals surface area contributed by atoms with Crippen LogP contribution in [0.1, 0.15) is 20.8 Å². The molecule has 1 amide bonds. The summed E-state index contributed by atoms with van der Waals surface area (Å²) in [6, 6.07) is 0.569. The highest BCUT2D eigenvalue weighted by atomic mass is 32.2. The molecule has 2 heterocycles. The molecular formula is C13H18N2OS3. The second-order valence-electron chi connectivity index (χ2n) is 4.40. The number of nitrogens with zero attached hydrogens (tertiary/aromatic N) is 2. The maximum absolute atomic E-state index is 12.1. The lowest BCUT2D eigenvalue weighted by molar-refractivity contribution is -0.122. The van der Waals surface area contributed by atoms with Crippen LogP contribution in [0.5, 0.6) is 0 Å². The molecule has 2 saturated heterocycles. The minimum absolute atomic E-state index is 0.0356. The normalized spacial score (nSPS) is 28.3. The number of thiocarbonyl (C=S) groups is 1. The summed E-state index contributed by atoms with van der Waals surface area (Å²) in [6.45, 7) is 7.98. The van der Waals surface area contributed by atoms with Gasteiger partial charge in [-0.1, -0.05) is 24.0 Å². The van der Waals surface area contributed by atoms with Crippen molar-refractivity contribution in [3.05, 3.63) is 22.1 Å². The van der Waals surface area contributed by atoms with Crippen molar-refractivity contribution in [1.82, 2.24) is 9.80 Å². The first kappa shape index (κ1) is 14.9. The number of thioether (sulfide) groups is 2. The highest BCUT2D eigenvalue weighted by molar-refractivity contribution is 8.26. The zero-order valence-electron chi connectivity index (χ0n) is 11.4. The van der Waals surface area contributed by atoms with Crippen LogP contribution in [0.25, 0.3) is 0 Å². The zero-order valence-corrected chi connectivity index (χ0v) is 13.8. The van der Waals surface area contributed by atoms with Crippen molar-refractivity contribution in [2.75, 3.05) is 18.8 Å². The Hall–Kier alpha value is -0.460. The van der Waals surface area contributed by atoms with Gasteiger partial charge in [-0.05, 0) is 32.9 Å². The number of likely N-dealkylation sites (N-methyl/N-ethyl adjacent to an activating group) is 1. The molecule has 6 heteroatoms. The molecule has 0 spiro atoms. The molecule has 0 aromatic carbocycles. The summed E-state index contributed by atoms with van der Waals surface area (Å²) in [5, 5.41) is 1.25. The molecule has 0 aliphatic carbocycles. The molecule has 0 saturated carbocycles.